The van der Waals surface area contributed by atoms with Crippen LogP contribution in [0.5, 0.6) is 0 Å². The second-order valence-corrected chi connectivity index (χ2v) is 3.36. The van der Waals surface area contributed by atoms with Gasteiger partial charge in [-0.3, -0.25) is 0 Å². The predicted octanol–water partition coefficient (Wildman–Crippen LogP) is 1.54. The Balaban J connectivity index is 3.30. The zero-order valence-electron chi connectivity index (χ0n) is 9.10. The molecule has 0 saturated heterocycles. The van der Waals surface area contributed by atoms with Crippen LogP contribution in [-0.4, -0.2) is 35.7 Å². The highest BCUT2D eigenvalue weighted by atomic mass is 16.4. The van der Waals surface area contributed by atoms with Gasteiger partial charge in [0.1, 0.15) is 0 Å². The van der Waals surface area contributed by atoms with Crippen LogP contribution in [0.15, 0.2) is 18.2 Å². The highest BCUT2D eigenvalue weighted by Gasteiger charge is 2.15. The van der Waals surface area contributed by atoms with Crippen LogP contribution in [0, 0.1) is 0 Å². The van der Waals surface area contributed by atoms with Gasteiger partial charge in [0.15, 0.2) is 0 Å². The Labute approximate surface area is 92.9 Å². The molecule has 1 aromatic carbocycles. The maximum atomic E-state index is 11.0. The molecule has 0 atom stereocenters. The quantitative estimate of drug-likeness (QED) is 0.809. The molecule has 0 aromatic heterocycles. The molecule has 1 rings (SSSR count). The number of aromatic carboxylic acids is 2. The largest absolute Gasteiger partial charge is 0.478 e. The van der Waals surface area contributed by atoms with E-state index in [1.54, 1.807) is 11.9 Å². The third-order valence-electron chi connectivity index (χ3n) is 2.36. The molecular formula is C11H13NO4. The van der Waals surface area contributed by atoms with Crippen LogP contribution in [0.1, 0.15) is 27.6 Å². The summed E-state index contributed by atoms with van der Waals surface area (Å²) in [4.78, 5) is 23.5. The average Bonchev–Trinajstić information content (AvgIpc) is 2.26. The Hall–Kier alpha value is -2.04. The number of hydrogen-bond acceptors (Lipinski definition) is 3. The van der Waals surface area contributed by atoms with Gasteiger partial charge in [-0.15, -0.1) is 0 Å². The van der Waals surface area contributed by atoms with E-state index in [0.717, 1.165) is 0 Å². The summed E-state index contributed by atoms with van der Waals surface area (Å²) in [5.74, 6) is -2.26. The highest BCUT2D eigenvalue weighted by molar-refractivity contribution is 5.98. The SMILES string of the molecule is CCN(C)c1ccc(C(=O)O)cc1C(=O)O. The van der Waals surface area contributed by atoms with Crippen molar-refractivity contribution >= 4 is 17.6 Å². The summed E-state index contributed by atoms with van der Waals surface area (Å²) in [6, 6.07) is 4.08. The number of carboxylic acids is 2. The fourth-order valence-electron chi connectivity index (χ4n) is 1.34. The zero-order valence-corrected chi connectivity index (χ0v) is 9.10. The number of rotatable bonds is 4. The number of carbonyl (C=O) groups is 2. The van der Waals surface area contributed by atoms with Gasteiger partial charge in [-0.1, -0.05) is 0 Å². The number of nitrogens with zero attached hydrogens (tertiary/aromatic N) is 1. The molecule has 0 aliphatic carbocycles. The Morgan fingerprint density at radius 3 is 2.31 bits per heavy atom. The zero-order chi connectivity index (χ0) is 12.3. The van der Waals surface area contributed by atoms with Crippen molar-refractivity contribution in [1.82, 2.24) is 0 Å². The van der Waals surface area contributed by atoms with Crippen molar-refractivity contribution in [2.24, 2.45) is 0 Å². The molecule has 1 aromatic rings. The number of carboxylic acid groups (broad SMARTS) is 2. The van der Waals surface area contributed by atoms with Crippen LogP contribution in [0.2, 0.25) is 0 Å². The lowest BCUT2D eigenvalue weighted by Crippen LogP contribution is -2.19. The molecular weight excluding hydrogens is 210 g/mol. The van der Waals surface area contributed by atoms with Crippen LogP contribution in [0.4, 0.5) is 5.69 Å². The molecule has 0 aliphatic heterocycles. The summed E-state index contributed by atoms with van der Waals surface area (Å²) in [7, 11) is 1.75. The fourth-order valence-corrected chi connectivity index (χ4v) is 1.34. The van der Waals surface area contributed by atoms with Gasteiger partial charge < -0.3 is 15.1 Å². The first-order valence-corrected chi connectivity index (χ1v) is 4.79. The van der Waals surface area contributed by atoms with Gasteiger partial charge in [-0.2, -0.15) is 0 Å². The Morgan fingerprint density at radius 2 is 1.88 bits per heavy atom. The summed E-state index contributed by atoms with van der Waals surface area (Å²) in [6.07, 6.45) is 0. The molecule has 0 saturated carbocycles. The summed E-state index contributed by atoms with van der Waals surface area (Å²) in [5.41, 5.74) is 0.495. The lowest BCUT2D eigenvalue weighted by atomic mass is 10.1. The molecule has 0 aliphatic rings. The van der Waals surface area contributed by atoms with Crippen molar-refractivity contribution < 1.29 is 19.8 Å². The Morgan fingerprint density at radius 1 is 1.25 bits per heavy atom. The fraction of sp³-hybridized carbons (Fsp3) is 0.273. The van der Waals surface area contributed by atoms with E-state index in [-0.39, 0.29) is 11.1 Å². The van der Waals surface area contributed by atoms with Crippen LogP contribution >= 0.6 is 0 Å². The molecule has 0 heterocycles. The molecule has 0 radical (unpaired) electrons. The topological polar surface area (TPSA) is 77.8 Å². The van der Waals surface area contributed by atoms with E-state index in [4.69, 9.17) is 10.2 Å². The minimum absolute atomic E-state index is 0.00394. The number of hydrogen-bond donors (Lipinski definition) is 2. The molecule has 0 amide bonds. The summed E-state index contributed by atoms with van der Waals surface area (Å²) in [6.45, 7) is 2.53. The minimum atomic E-state index is -1.13. The Kier molecular flexibility index (Phi) is 3.50. The normalized spacial score (nSPS) is 9.88. The molecule has 5 heteroatoms. The van der Waals surface area contributed by atoms with E-state index in [1.807, 2.05) is 6.92 Å². The van der Waals surface area contributed by atoms with Gasteiger partial charge >= 0.3 is 11.9 Å². The van der Waals surface area contributed by atoms with E-state index >= 15 is 0 Å². The van der Waals surface area contributed by atoms with Crippen molar-refractivity contribution in [3.63, 3.8) is 0 Å². The molecule has 86 valence electrons. The second kappa shape index (κ2) is 4.65. The average molecular weight is 223 g/mol. The standard InChI is InChI=1S/C11H13NO4/c1-3-12(2)9-5-4-7(10(13)14)6-8(9)11(15)16/h4-6H,3H2,1-2H3,(H,13,14)(H,15,16). The molecule has 5 nitrogen and oxygen atoms in total. The molecule has 2 N–H and O–H groups in total. The molecule has 0 fully saturated rings. The van der Waals surface area contributed by atoms with Gasteiger partial charge in [-0.25, -0.2) is 9.59 Å². The van der Waals surface area contributed by atoms with Gasteiger partial charge in [0.05, 0.1) is 16.8 Å². The molecule has 0 bridgehead atoms. The van der Waals surface area contributed by atoms with Crippen LogP contribution in [0.3, 0.4) is 0 Å². The smallest absolute Gasteiger partial charge is 0.337 e. The van der Waals surface area contributed by atoms with Gasteiger partial charge in [0, 0.05) is 13.6 Å². The highest BCUT2D eigenvalue weighted by Crippen LogP contribution is 2.21. The van der Waals surface area contributed by atoms with Crippen LogP contribution < -0.4 is 4.90 Å². The lowest BCUT2D eigenvalue weighted by molar-refractivity contribution is 0.0696. The monoisotopic (exact) mass is 223 g/mol. The van der Waals surface area contributed by atoms with Gasteiger partial charge in [-0.05, 0) is 25.1 Å². The first kappa shape index (κ1) is 12.0. The van der Waals surface area contributed by atoms with Gasteiger partial charge in [0.2, 0.25) is 0 Å². The maximum absolute atomic E-state index is 11.0. The number of benzene rings is 1. The van der Waals surface area contributed by atoms with Crippen molar-refractivity contribution in [1.29, 1.82) is 0 Å². The molecule has 0 spiro atoms. The van der Waals surface area contributed by atoms with E-state index in [0.29, 0.717) is 12.2 Å². The van der Waals surface area contributed by atoms with Gasteiger partial charge in [0.25, 0.3) is 0 Å². The van der Waals surface area contributed by atoms with Crippen molar-refractivity contribution in [2.75, 3.05) is 18.5 Å². The van der Waals surface area contributed by atoms with E-state index in [2.05, 4.69) is 0 Å². The van der Waals surface area contributed by atoms with E-state index < -0.39 is 11.9 Å². The van der Waals surface area contributed by atoms with Crippen molar-refractivity contribution in [2.45, 2.75) is 6.92 Å². The number of anilines is 1. The first-order valence-electron chi connectivity index (χ1n) is 4.79. The summed E-state index contributed by atoms with van der Waals surface area (Å²) >= 11 is 0. The Bertz CT molecular complexity index is 428. The predicted molar refractivity (Wildman–Crippen MR) is 59.3 cm³/mol. The van der Waals surface area contributed by atoms with E-state index in [1.165, 1.54) is 18.2 Å². The molecule has 0 unspecified atom stereocenters. The minimum Gasteiger partial charge on any atom is -0.478 e. The van der Waals surface area contributed by atoms with E-state index in [9.17, 15) is 9.59 Å². The summed E-state index contributed by atoms with van der Waals surface area (Å²) in [5, 5.41) is 17.8. The lowest BCUT2D eigenvalue weighted by Gasteiger charge is -2.19. The first-order chi connectivity index (χ1) is 7.47. The van der Waals surface area contributed by atoms with Crippen LogP contribution in [0.25, 0.3) is 0 Å². The van der Waals surface area contributed by atoms with Crippen LogP contribution in [-0.2, 0) is 0 Å². The third-order valence-corrected chi connectivity index (χ3v) is 2.36. The maximum Gasteiger partial charge on any atom is 0.337 e. The van der Waals surface area contributed by atoms with Crippen molar-refractivity contribution in [3.05, 3.63) is 29.3 Å². The third kappa shape index (κ3) is 2.31. The second-order valence-electron chi connectivity index (χ2n) is 3.36. The summed E-state index contributed by atoms with van der Waals surface area (Å²) < 4.78 is 0. The molecule has 16 heavy (non-hydrogen) atoms. The van der Waals surface area contributed by atoms with Crippen molar-refractivity contribution in [3.8, 4) is 0 Å².